The summed E-state index contributed by atoms with van der Waals surface area (Å²) >= 11 is 0. The molecule has 0 aliphatic carbocycles. The SMILES string of the molecule is CCC1COC(C)CN1CCNCCCC(C)C. The Morgan fingerprint density at radius 3 is 2.78 bits per heavy atom. The molecule has 0 aromatic rings. The van der Waals surface area contributed by atoms with Crippen LogP contribution in [0.15, 0.2) is 0 Å². The Bertz CT molecular complexity index is 209. The van der Waals surface area contributed by atoms with Crippen LogP contribution in [0.5, 0.6) is 0 Å². The Hall–Kier alpha value is -0.120. The first kappa shape index (κ1) is 15.9. The molecule has 1 heterocycles. The topological polar surface area (TPSA) is 24.5 Å². The molecule has 0 radical (unpaired) electrons. The maximum absolute atomic E-state index is 5.72. The van der Waals surface area contributed by atoms with Gasteiger partial charge in [-0.15, -0.1) is 0 Å². The Kier molecular flexibility index (Phi) is 7.87. The van der Waals surface area contributed by atoms with Gasteiger partial charge in [-0.3, -0.25) is 4.90 Å². The van der Waals surface area contributed by atoms with Crippen LogP contribution in [0.2, 0.25) is 0 Å². The standard InChI is InChI=1S/C15H32N2O/c1-5-15-12-18-14(4)11-17(15)10-9-16-8-6-7-13(2)3/h13-16H,5-12H2,1-4H3. The molecular weight excluding hydrogens is 224 g/mol. The van der Waals surface area contributed by atoms with Crippen molar-refractivity contribution >= 4 is 0 Å². The van der Waals surface area contributed by atoms with E-state index in [9.17, 15) is 0 Å². The lowest BCUT2D eigenvalue weighted by atomic mass is 10.1. The van der Waals surface area contributed by atoms with Gasteiger partial charge >= 0.3 is 0 Å². The number of nitrogens with one attached hydrogen (secondary N) is 1. The molecule has 1 N–H and O–H groups in total. The van der Waals surface area contributed by atoms with Crippen LogP contribution < -0.4 is 5.32 Å². The summed E-state index contributed by atoms with van der Waals surface area (Å²) in [5.74, 6) is 0.830. The van der Waals surface area contributed by atoms with Crippen LogP contribution in [0, 0.1) is 5.92 Å². The molecule has 0 bridgehead atoms. The fourth-order valence-corrected chi connectivity index (χ4v) is 2.55. The molecule has 1 aliphatic heterocycles. The van der Waals surface area contributed by atoms with Gasteiger partial charge in [0.05, 0.1) is 12.7 Å². The first-order valence-corrected chi connectivity index (χ1v) is 7.69. The zero-order valence-corrected chi connectivity index (χ0v) is 12.7. The number of rotatable bonds is 8. The van der Waals surface area contributed by atoms with Gasteiger partial charge < -0.3 is 10.1 Å². The molecular formula is C15H32N2O. The smallest absolute Gasteiger partial charge is 0.0674 e. The van der Waals surface area contributed by atoms with Crippen LogP contribution >= 0.6 is 0 Å². The van der Waals surface area contributed by atoms with Gasteiger partial charge in [-0.2, -0.15) is 0 Å². The molecule has 2 atom stereocenters. The van der Waals surface area contributed by atoms with Crippen LogP contribution in [-0.2, 0) is 4.74 Å². The molecule has 2 unspecified atom stereocenters. The van der Waals surface area contributed by atoms with E-state index in [2.05, 4.69) is 37.9 Å². The monoisotopic (exact) mass is 256 g/mol. The normalized spacial score (nSPS) is 25.8. The molecule has 1 saturated heterocycles. The van der Waals surface area contributed by atoms with Gasteiger partial charge in [0.1, 0.15) is 0 Å². The van der Waals surface area contributed by atoms with Crippen molar-refractivity contribution in [2.24, 2.45) is 5.92 Å². The minimum Gasteiger partial charge on any atom is -0.376 e. The number of morpholine rings is 1. The highest BCUT2D eigenvalue weighted by Crippen LogP contribution is 2.13. The fourth-order valence-electron chi connectivity index (χ4n) is 2.55. The molecule has 1 rings (SSSR count). The molecule has 0 aromatic carbocycles. The summed E-state index contributed by atoms with van der Waals surface area (Å²) in [5.41, 5.74) is 0. The van der Waals surface area contributed by atoms with Gasteiger partial charge in [-0.1, -0.05) is 20.8 Å². The van der Waals surface area contributed by atoms with Gasteiger partial charge in [0.25, 0.3) is 0 Å². The van der Waals surface area contributed by atoms with Crippen molar-refractivity contribution in [1.29, 1.82) is 0 Å². The third-order valence-electron chi connectivity index (χ3n) is 3.76. The molecule has 1 fully saturated rings. The molecule has 0 saturated carbocycles. The molecule has 0 aromatic heterocycles. The van der Waals surface area contributed by atoms with Crippen molar-refractivity contribution in [3.63, 3.8) is 0 Å². The van der Waals surface area contributed by atoms with Crippen LogP contribution in [0.1, 0.15) is 47.0 Å². The van der Waals surface area contributed by atoms with Gasteiger partial charge in [0, 0.05) is 25.7 Å². The van der Waals surface area contributed by atoms with Crippen LogP contribution in [-0.4, -0.2) is 49.8 Å². The third-order valence-corrected chi connectivity index (χ3v) is 3.76. The molecule has 108 valence electrons. The van der Waals surface area contributed by atoms with E-state index in [0.29, 0.717) is 12.1 Å². The van der Waals surface area contributed by atoms with Crippen molar-refractivity contribution < 1.29 is 4.74 Å². The lowest BCUT2D eigenvalue weighted by Crippen LogP contribution is -2.50. The first-order chi connectivity index (χ1) is 8.63. The number of ether oxygens (including phenoxy) is 1. The maximum atomic E-state index is 5.72. The van der Waals surface area contributed by atoms with Crippen molar-refractivity contribution in [2.45, 2.75) is 59.1 Å². The van der Waals surface area contributed by atoms with Gasteiger partial charge in [-0.05, 0) is 38.6 Å². The number of hydrogen-bond donors (Lipinski definition) is 1. The highest BCUT2D eigenvalue weighted by molar-refractivity contribution is 4.77. The van der Waals surface area contributed by atoms with E-state index in [1.165, 1.54) is 19.3 Å². The lowest BCUT2D eigenvalue weighted by Gasteiger charge is -2.38. The molecule has 18 heavy (non-hydrogen) atoms. The Morgan fingerprint density at radius 2 is 2.11 bits per heavy atom. The van der Waals surface area contributed by atoms with E-state index in [0.717, 1.165) is 38.7 Å². The quantitative estimate of drug-likeness (QED) is 0.675. The second-order valence-corrected chi connectivity index (χ2v) is 5.99. The Labute approximate surface area is 113 Å². The zero-order valence-electron chi connectivity index (χ0n) is 12.7. The predicted octanol–water partition coefficient (Wildman–Crippen LogP) is 2.51. The summed E-state index contributed by atoms with van der Waals surface area (Å²) in [5, 5.41) is 3.57. The highest BCUT2D eigenvalue weighted by atomic mass is 16.5. The number of nitrogens with zero attached hydrogens (tertiary/aromatic N) is 1. The summed E-state index contributed by atoms with van der Waals surface area (Å²) < 4.78 is 5.72. The van der Waals surface area contributed by atoms with E-state index in [-0.39, 0.29) is 0 Å². The van der Waals surface area contributed by atoms with E-state index in [1.54, 1.807) is 0 Å². The fraction of sp³-hybridized carbons (Fsp3) is 1.00. The van der Waals surface area contributed by atoms with Gasteiger partial charge in [0.15, 0.2) is 0 Å². The van der Waals surface area contributed by atoms with E-state index in [4.69, 9.17) is 4.74 Å². The summed E-state index contributed by atoms with van der Waals surface area (Å²) in [6.07, 6.45) is 4.22. The molecule has 3 heteroatoms. The van der Waals surface area contributed by atoms with Crippen molar-refractivity contribution in [1.82, 2.24) is 10.2 Å². The summed E-state index contributed by atoms with van der Waals surface area (Å²) in [6.45, 7) is 14.4. The largest absolute Gasteiger partial charge is 0.376 e. The number of hydrogen-bond acceptors (Lipinski definition) is 3. The second kappa shape index (κ2) is 8.89. The summed E-state index contributed by atoms with van der Waals surface area (Å²) in [4.78, 5) is 2.59. The minimum atomic E-state index is 0.397. The average Bonchev–Trinajstić information content (AvgIpc) is 2.33. The van der Waals surface area contributed by atoms with Crippen LogP contribution in [0.25, 0.3) is 0 Å². The maximum Gasteiger partial charge on any atom is 0.0674 e. The lowest BCUT2D eigenvalue weighted by molar-refractivity contribution is -0.0550. The highest BCUT2D eigenvalue weighted by Gasteiger charge is 2.24. The summed E-state index contributed by atoms with van der Waals surface area (Å²) in [7, 11) is 0. The molecule has 0 spiro atoms. The molecule has 3 nitrogen and oxygen atoms in total. The minimum absolute atomic E-state index is 0.397. The van der Waals surface area contributed by atoms with E-state index < -0.39 is 0 Å². The Balaban J connectivity index is 2.09. The van der Waals surface area contributed by atoms with Crippen LogP contribution in [0.3, 0.4) is 0 Å². The van der Waals surface area contributed by atoms with Crippen molar-refractivity contribution in [3.05, 3.63) is 0 Å². The molecule has 0 amide bonds. The van der Waals surface area contributed by atoms with Crippen molar-refractivity contribution in [3.8, 4) is 0 Å². The van der Waals surface area contributed by atoms with E-state index in [1.807, 2.05) is 0 Å². The average molecular weight is 256 g/mol. The summed E-state index contributed by atoms with van der Waals surface area (Å²) in [6, 6.07) is 0.624. The second-order valence-electron chi connectivity index (χ2n) is 5.99. The van der Waals surface area contributed by atoms with Gasteiger partial charge in [-0.25, -0.2) is 0 Å². The van der Waals surface area contributed by atoms with Crippen LogP contribution in [0.4, 0.5) is 0 Å². The Morgan fingerprint density at radius 1 is 1.33 bits per heavy atom. The first-order valence-electron chi connectivity index (χ1n) is 7.69. The van der Waals surface area contributed by atoms with E-state index >= 15 is 0 Å². The van der Waals surface area contributed by atoms with Gasteiger partial charge in [0.2, 0.25) is 0 Å². The third kappa shape index (κ3) is 6.17. The van der Waals surface area contributed by atoms with Crippen molar-refractivity contribution in [2.75, 3.05) is 32.8 Å². The molecule has 1 aliphatic rings. The predicted molar refractivity (Wildman–Crippen MR) is 78.0 cm³/mol. The zero-order chi connectivity index (χ0) is 13.4.